The Hall–Kier alpha value is -2.13. The molecule has 0 heterocycles. The fourth-order valence-electron chi connectivity index (χ4n) is 7.45. The lowest BCUT2D eigenvalue weighted by Crippen LogP contribution is -2.07. The van der Waals surface area contributed by atoms with Crippen LogP contribution in [0.3, 0.4) is 0 Å². The molecule has 0 aliphatic rings. The van der Waals surface area contributed by atoms with Gasteiger partial charge in [-0.15, -0.1) is 0 Å². The third-order valence-electron chi connectivity index (χ3n) is 10.9. The highest BCUT2D eigenvalue weighted by atomic mass is 32.2. The topological polar surface area (TPSA) is 34.1 Å². The molecule has 300 valence electrons. The lowest BCUT2D eigenvalue weighted by atomic mass is 10.0. The first kappa shape index (κ1) is 47.0. The summed E-state index contributed by atoms with van der Waals surface area (Å²) in [6.45, 7) is 9.01. The van der Waals surface area contributed by atoms with E-state index in [0.29, 0.717) is 9.79 Å². The molecule has 0 saturated heterocycles. The minimum atomic E-state index is -3.72. The van der Waals surface area contributed by atoms with Crippen molar-refractivity contribution in [2.24, 2.45) is 0 Å². The van der Waals surface area contributed by atoms with Crippen molar-refractivity contribution in [3.8, 4) is 0 Å². The summed E-state index contributed by atoms with van der Waals surface area (Å²) in [7, 11) is -3.72. The first-order valence-electron chi connectivity index (χ1n) is 22.8. The number of benzene rings is 2. The van der Waals surface area contributed by atoms with Crippen molar-refractivity contribution >= 4 is 22.0 Å². The Morgan fingerprint density at radius 1 is 0.396 bits per heavy atom. The van der Waals surface area contributed by atoms with Crippen LogP contribution in [0.25, 0.3) is 12.2 Å². The predicted octanol–water partition coefficient (Wildman–Crippen LogP) is 16.6. The van der Waals surface area contributed by atoms with Gasteiger partial charge < -0.3 is 0 Å². The normalized spacial score (nSPS) is 12.2. The van der Waals surface area contributed by atoms with Crippen molar-refractivity contribution in [2.75, 3.05) is 0 Å². The molecule has 2 aromatic rings. The second-order valence-corrected chi connectivity index (χ2v) is 17.8. The number of hydrogen-bond acceptors (Lipinski definition) is 2. The maximum absolute atomic E-state index is 14.6. The van der Waals surface area contributed by atoms with Crippen LogP contribution < -0.4 is 0 Å². The van der Waals surface area contributed by atoms with E-state index in [1.54, 1.807) is 0 Å². The monoisotopic (exact) mass is 747 g/mol. The molecular weight excluding hydrogens is 665 g/mol. The first-order valence-corrected chi connectivity index (χ1v) is 24.3. The summed E-state index contributed by atoms with van der Waals surface area (Å²) in [6.07, 6.45) is 46.1. The van der Waals surface area contributed by atoms with Gasteiger partial charge in [0.25, 0.3) is 0 Å². The molecule has 0 radical (unpaired) electrons. The van der Waals surface area contributed by atoms with Crippen LogP contribution in [-0.4, -0.2) is 8.42 Å². The van der Waals surface area contributed by atoms with Crippen LogP contribution in [0.2, 0.25) is 0 Å². The van der Waals surface area contributed by atoms with Crippen molar-refractivity contribution in [2.45, 2.75) is 230 Å². The maximum atomic E-state index is 14.6. The van der Waals surface area contributed by atoms with E-state index in [9.17, 15) is 8.42 Å². The molecule has 0 atom stereocenters. The summed E-state index contributed by atoms with van der Waals surface area (Å²) < 4.78 is 29.2. The van der Waals surface area contributed by atoms with Crippen LogP contribution in [0.15, 0.2) is 58.3 Å². The zero-order valence-corrected chi connectivity index (χ0v) is 36.0. The SMILES string of the molecule is CCCCCC=Cc1cc(CCCCCCCCCCCC)ccc1S(=O)(=O)c1ccc(CCCCCCCCCCCC)cc1C=CCCCCC. The van der Waals surface area contributed by atoms with Gasteiger partial charge in [0, 0.05) is 0 Å². The second-order valence-electron chi connectivity index (χ2n) is 15.9. The summed E-state index contributed by atoms with van der Waals surface area (Å²) in [5.41, 5.74) is 4.19. The third-order valence-corrected chi connectivity index (χ3v) is 12.8. The van der Waals surface area contributed by atoms with Crippen LogP contribution in [0.4, 0.5) is 0 Å². The molecule has 53 heavy (non-hydrogen) atoms. The number of rotatable bonds is 34. The Morgan fingerprint density at radius 2 is 0.698 bits per heavy atom. The van der Waals surface area contributed by atoms with Crippen LogP contribution in [0, 0.1) is 0 Å². The fraction of sp³-hybridized carbons (Fsp3) is 0.680. The standard InChI is InChI=1S/C50H82O2S/c1-5-9-13-17-19-21-23-25-29-31-35-45-39-41-49(47(43-45)37-33-27-15-11-7-3)53(51,52)50-42-40-46(44-48(50)38-34-28-16-12-8-4)36-32-30-26-24-22-20-18-14-10-6-2/h33-34,37-44H,5-32,35-36H2,1-4H3. The third kappa shape index (κ3) is 20.9. The van der Waals surface area contributed by atoms with Gasteiger partial charge >= 0.3 is 0 Å². The Morgan fingerprint density at radius 3 is 1.04 bits per heavy atom. The maximum Gasteiger partial charge on any atom is 0.207 e. The Balaban J connectivity index is 2.18. The number of sulfone groups is 1. The highest BCUT2D eigenvalue weighted by molar-refractivity contribution is 7.91. The quantitative estimate of drug-likeness (QED) is 0.0668. The van der Waals surface area contributed by atoms with E-state index in [2.05, 4.69) is 76.3 Å². The predicted molar refractivity (Wildman–Crippen MR) is 236 cm³/mol. The van der Waals surface area contributed by atoms with E-state index in [0.717, 1.165) is 62.5 Å². The first-order chi connectivity index (χ1) is 26.0. The van der Waals surface area contributed by atoms with E-state index in [4.69, 9.17) is 0 Å². The van der Waals surface area contributed by atoms with Crippen LogP contribution in [-0.2, 0) is 22.7 Å². The van der Waals surface area contributed by atoms with Crippen LogP contribution in [0.1, 0.15) is 230 Å². The van der Waals surface area contributed by atoms with Gasteiger partial charge in [0.15, 0.2) is 0 Å². The van der Waals surface area contributed by atoms with Crippen LogP contribution in [0.5, 0.6) is 0 Å². The molecule has 0 amide bonds. The fourth-order valence-corrected chi connectivity index (χ4v) is 9.06. The molecule has 0 unspecified atom stereocenters. The molecule has 2 nitrogen and oxygen atoms in total. The van der Waals surface area contributed by atoms with Crippen LogP contribution >= 0.6 is 0 Å². The van der Waals surface area contributed by atoms with Gasteiger partial charge in [0.1, 0.15) is 0 Å². The van der Waals surface area contributed by atoms with E-state index < -0.39 is 9.84 Å². The molecule has 2 aromatic carbocycles. The molecule has 0 aromatic heterocycles. The van der Waals surface area contributed by atoms with Gasteiger partial charge in [0.05, 0.1) is 9.79 Å². The van der Waals surface area contributed by atoms with Gasteiger partial charge in [-0.05, 0) is 85.8 Å². The van der Waals surface area contributed by atoms with E-state index in [1.807, 2.05) is 12.1 Å². The number of unbranched alkanes of at least 4 members (excludes halogenated alkanes) is 24. The molecule has 3 heteroatoms. The van der Waals surface area contributed by atoms with Crippen molar-refractivity contribution in [1.82, 2.24) is 0 Å². The molecule has 0 aliphatic heterocycles. The zero-order chi connectivity index (χ0) is 38.2. The van der Waals surface area contributed by atoms with Gasteiger partial charge in [-0.25, -0.2) is 8.42 Å². The molecule has 0 fully saturated rings. The van der Waals surface area contributed by atoms with Gasteiger partial charge in [-0.3, -0.25) is 0 Å². The Kier molecular flexibility index (Phi) is 27.6. The average molecular weight is 747 g/mol. The summed E-state index contributed by atoms with van der Waals surface area (Å²) in [6, 6.07) is 12.3. The average Bonchev–Trinajstić information content (AvgIpc) is 3.16. The molecular formula is C50H82O2S. The van der Waals surface area contributed by atoms with E-state index in [-0.39, 0.29) is 0 Å². The van der Waals surface area contributed by atoms with E-state index in [1.165, 1.54) is 152 Å². The minimum Gasteiger partial charge on any atom is -0.218 e. The van der Waals surface area contributed by atoms with Crippen molar-refractivity contribution in [3.05, 3.63) is 70.8 Å². The molecule has 0 saturated carbocycles. The highest BCUT2D eigenvalue weighted by Gasteiger charge is 2.23. The molecule has 0 bridgehead atoms. The lowest BCUT2D eigenvalue weighted by Gasteiger charge is -2.14. The van der Waals surface area contributed by atoms with Gasteiger partial charge in [0.2, 0.25) is 9.84 Å². The highest BCUT2D eigenvalue weighted by Crippen LogP contribution is 2.31. The second kappa shape index (κ2) is 31.1. The molecule has 0 N–H and O–H groups in total. The summed E-state index contributed by atoms with van der Waals surface area (Å²) in [5, 5.41) is 0. The number of aryl methyl sites for hydroxylation is 2. The van der Waals surface area contributed by atoms with Gasteiger partial charge in [-0.2, -0.15) is 0 Å². The van der Waals surface area contributed by atoms with Gasteiger partial charge in [-0.1, -0.05) is 218 Å². The summed E-state index contributed by atoms with van der Waals surface area (Å²) >= 11 is 0. The Labute approximate surface area is 330 Å². The smallest absolute Gasteiger partial charge is 0.207 e. The van der Waals surface area contributed by atoms with Crippen molar-refractivity contribution in [3.63, 3.8) is 0 Å². The number of hydrogen-bond donors (Lipinski definition) is 0. The minimum absolute atomic E-state index is 0.444. The largest absolute Gasteiger partial charge is 0.218 e. The molecule has 0 spiro atoms. The van der Waals surface area contributed by atoms with E-state index >= 15 is 0 Å². The van der Waals surface area contributed by atoms with Crippen molar-refractivity contribution in [1.29, 1.82) is 0 Å². The summed E-state index contributed by atoms with van der Waals surface area (Å²) in [4.78, 5) is 0.887. The Bertz CT molecular complexity index is 1250. The number of allylic oxidation sites excluding steroid dienone is 2. The lowest BCUT2D eigenvalue weighted by molar-refractivity contribution is 0.556. The molecule has 2 rings (SSSR count). The van der Waals surface area contributed by atoms with Crippen molar-refractivity contribution < 1.29 is 8.42 Å². The summed E-state index contributed by atoms with van der Waals surface area (Å²) in [5.74, 6) is 0. The zero-order valence-electron chi connectivity index (χ0n) is 35.2. The molecule has 0 aliphatic carbocycles.